The van der Waals surface area contributed by atoms with Crippen LogP contribution >= 0.6 is 15.9 Å². The van der Waals surface area contributed by atoms with Crippen LogP contribution in [0.5, 0.6) is 0 Å². The van der Waals surface area contributed by atoms with Gasteiger partial charge in [0.2, 0.25) is 5.91 Å². The molecule has 0 bridgehead atoms. The largest absolute Gasteiger partial charge is 0.378 e. The molecule has 1 aliphatic heterocycles. The Morgan fingerprint density at radius 1 is 1.53 bits per heavy atom. The first-order chi connectivity index (χ1) is 9.24. The first-order valence-electron chi connectivity index (χ1n) is 6.43. The van der Waals surface area contributed by atoms with Gasteiger partial charge in [-0.05, 0) is 37.0 Å². The van der Waals surface area contributed by atoms with E-state index in [1.165, 1.54) is 0 Å². The smallest absolute Gasteiger partial charge is 0.242 e. The highest BCUT2D eigenvalue weighted by molar-refractivity contribution is 9.10. The summed E-state index contributed by atoms with van der Waals surface area (Å²) in [6, 6.07) is 7.71. The van der Waals surface area contributed by atoms with E-state index in [0.717, 1.165) is 35.9 Å². The maximum atomic E-state index is 11.7. The lowest BCUT2D eigenvalue weighted by atomic mass is 10.1. The molecule has 1 heterocycles. The summed E-state index contributed by atoms with van der Waals surface area (Å²) in [5, 5.41) is 3.95. The van der Waals surface area contributed by atoms with Crippen LogP contribution in [0.3, 0.4) is 0 Å². The molecule has 0 saturated carbocycles. The summed E-state index contributed by atoms with van der Waals surface area (Å²) < 4.78 is 6.49. The summed E-state index contributed by atoms with van der Waals surface area (Å²) in [5.74, 6) is -0.0989. The van der Waals surface area contributed by atoms with Crippen molar-refractivity contribution in [1.82, 2.24) is 5.43 Å². The lowest BCUT2D eigenvalue weighted by Crippen LogP contribution is -2.27. The van der Waals surface area contributed by atoms with E-state index in [2.05, 4.69) is 26.5 Å². The minimum Gasteiger partial charge on any atom is -0.378 e. The molecule has 1 saturated heterocycles. The molecule has 2 rings (SSSR count). The average molecular weight is 325 g/mol. The number of hydrogen-bond donors (Lipinski definition) is 1. The SMILES string of the molecule is O=C(CC1CCCCO1)N/N=C/c1cccc(Br)c1. The summed E-state index contributed by atoms with van der Waals surface area (Å²) in [5.41, 5.74) is 3.47. The van der Waals surface area contributed by atoms with E-state index in [0.29, 0.717) is 6.42 Å². The number of carbonyl (C=O) groups is 1. The minimum absolute atomic E-state index is 0.0508. The lowest BCUT2D eigenvalue weighted by Gasteiger charge is -2.21. The molecule has 1 aromatic carbocycles. The molecule has 4 nitrogen and oxygen atoms in total. The molecular formula is C14H17BrN2O2. The van der Waals surface area contributed by atoms with Crippen molar-refractivity contribution in [3.8, 4) is 0 Å². The molecule has 1 aliphatic rings. The Kier molecular flexibility index (Phi) is 5.54. The Morgan fingerprint density at radius 2 is 2.42 bits per heavy atom. The van der Waals surface area contributed by atoms with Gasteiger partial charge in [0, 0.05) is 11.1 Å². The average Bonchev–Trinajstić information content (AvgIpc) is 2.40. The van der Waals surface area contributed by atoms with Crippen LogP contribution in [0.1, 0.15) is 31.2 Å². The Labute approximate surface area is 121 Å². The minimum atomic E-state index is -0.0989. The fourth-order valence-electron chi connectivity index (χ4n) is 1.99. The van der Waals surface area contributed by atoms with Crippen LogP contribution in [0.25, 0.3) is 0 Å². The number of hydrazone groups is 1. The van der Waals surface area contributed by atoms with Gasteiger partial charge in [-0.25, -0.2) is 5.43 Å². The number of hydrogen-bond acceptors (Lipinski definition) is 3. The van der Waals surface area contributed by atoms with Gasteiger partial charge in [0.15, 0.2) is 0 Å². The predicted molar refractivity (Wildman–Crippen MR) is 78.1 cm³/mol. The Balaban J connectivity index is 1.76. The second kappa shape index (κ2) is 7.40. The van der Waals surface area contributed by atoms with E-state index in [9.17, 15) is 4.79 Å². The number of benzene rings is 1. The van der Waals surface area contributed by atoms with Crippen molar-refractivity contribution in [3.63, 3.8) is 0 Å². The van der Waals surface area contributed by atoms with Crippen LogP contribution in [0.15, 0.2) is 33.8 Å². The molecule has 1 unspecified atom stereocenters. The summed E-state index contributed by atoms with van der Waals surface area (Å²) in [4.78, 5) is 11.7. The predicted octanol–water partition coefficient (Wildman–Crippen LogP) is 2.86. The highest BCUT2D eigenvalue weighted by Gasteiger charge is 2.17. The van der Waals surface area contributed by atoms with Gasteiger partial charge in [0.25, 0.3) is 0 Å². The number of rotatable bonds is 4. The highest BCUT2D eigenvalue weighted by atomic mass is 79.9. The van der Waals surface area contributed by atoms with E-state index in [-0.39, 0.29) is 12.0 Å². The van der Waals surface area contributed by atoms with E-state index >= 15 is 0 Å². The van der Waals surface area contributed by atoms with Crippen LogP contribution < -0.4 is 5.43 Å². The van der Waals surface area contributed by atoms with Gasteiger partial charge in [0.1, 0.15) is 0 Å². The van der Waals surface area contributed by atoms with Crippen molar-refractivity contribution in [2.24, 2.45) is 5.10 Å². The van der Waals surface area contributed by atoms with E-state index < -0.39 is 0 Å². The van der Waals surface area contributed by atoms with Crippen LogP contribution in [0, 0.1) is 0 Å². The second-order valence-electron chi connectivity index (χ2n) is 4.54. The monoisotopic (exact) mass is 324 g/mol. The molecule has 1 amide bonds. The Morgan fingerprint density at radius 3 is 3.16 bits per heavy atom. The quantitative estimate of drug-likeness (QED) is 0.684. The topological polar surface area (TPSA) is 50.7 Å². The molecule has 0 aliphatic carbocycles. The molecule has 1 atom stereocenters. The third-order valence-electron chi connectivity index (χ3n) is 2.94. The zero-order valence-electron chi connectivity index (χ0n) is 10.6. The van der Waals surface area contributed by atoms with Gasteiger partial charge in [-0.2, -0.15) is 5.10 Å². The molecule has 102 valence electrons. The van der Waals surface area contributed by atoms with Gasteiger partial charge in [-0.15, -0.1) is 0 Å². The normalized spacial score (nSPS) is 19.5. The van der Waals surface area contributed by atoms with E-state index in [4.69, 9.17) is 4.74 Å². The zero-order chi connectivity index (χ0) is 13.5. The number of amides is 1. The number of halogens is 1. The summed E-state index contributed by atoms with van der Waals surface area (Å²) in [6.45, 7) is 0.763. The maximum Gasteiger partial charge on any atom is 0.242 e. The fourth-order valence-corrected chi connectivity index (χ4v) is 2.40. The van der Waals surface area contributed by atoms with Crippen LogP contribution in [-0.4, -0.2) is 24.8 Å². The van der Waals surface area contributed by atoms with Crippen molar-refractivity contribution < 1.29 is 9.53 Å². The number of nitrogens with one attached hydrogen (secondary N) is 1. The van der Waals surface area contributed by atoms with Crippen molar-refractivity contribution >= 4 is 28.1 Å². The van der Waals surface area contributed by atoms with Crippen molar-refractivity contribution in [2.45, 2.75) is 31.8 Å². The van der Waals surface area contributed by atoms with Crippen molar-refractivity contribution in [2.75, 3.05) is 6.61 Å². The van der Waals surface area contributed by atoms with Crippen LogP contribution in [0.4, 0.5) is 0 Å². The fraction of sp³-hybridized carbons (Fsp3) is 0.429. The number of ether oxygens (including phenoxy) is 1. The van der Waals surface area contributed by atoms with Crippen molar-refractivity contribution in [1.29, 1.82) is 0 Å². The Hall–Kier alpha value is -1.20. The first kappa shape index (κ1) is 14.2. The molecule has 0 radical (unpaired) electrons. The number of nitrogens with zero attached hydrogens (tertiary/aromatic N) is 1. The molecule has 1 N–H and O–H groups in total. The van der Waals surface area contributed by atoms with Crippen LogP contribution in [-0.2, 0) is 9.53 Å². The molecular weight excluding hydrogens is 308 g/mol. The molecule has 5 heteroatoms. The molecule has 0 spiro atoms. The molecule has 0 aromatic heterocycles. The van der Waals surface area contributed by atoms with Crippen LogP contribution in [0.2, 0.25) is 0 Å². The van der Waals surface area contributed by atoms with E-state index in [1.807, 2.05) is 24.3 Å². The zero-order valence-corrected chi connectivity index (χ0v) is 12.2. The van der Waals surface area contributed by atoms with Gasteiger partial charge < -0.3 is 4.74 Å². The van der Waals surface area contributed by atoms with Gasteiger partial charge in [0.05, 0.1) is 18.7 Å². The molecule has 19 heavy (non-hydrogen) atoms. The summed E-state index contributed by atoms with van der Waals surface area (Å²) >= 11 is 3.38. The van der Waals surface area contributed by atoms with Crippen molar-refractivity contribution in [3.05, 3.63) is 34.3 Å². The summed E-state index contributed by atoms with van der Waals surface area (Å²) in [6.07, 6.45) is 5.26. The lowest BCUT2D eigenvalue weighted by molar-refractivity contribution is -0.124. The molecule has 1 fully saturated rings. The standard InChI is InChI=1S/C14H17BrN2O2/c15-12-5-3-4-11(8-12)10-16-17-14(18)9-13-6-1-2-7-19-13/h3-5,8,10,13H,1-2,6-7,9H2,(H,17,18)/b16-10+. The summed E-state index contributed by atoms with van der Waals surface area (Å²) in [7, 11) is 0. The third-order valence-corrected chi connectivity index (χ3v) is 3.43. The van der Waals surface area contributed by atoms with Gasteiger partial charge in [-0.3, -0.25) is 4.79 Å². The first-order valence-corrected chi connectivity index (χ1v) is 7.22. The third kappa shape index (κ3) is 5.12. The van der Waals surface area contributed by atoms with E-state index in [1.54, 1.807) is 6.21 Å². The Bertz CT molecular complexity index is 457. The number of carbonyl (C=O) groups excluding carboxylic acids is 1. The highest BCUT2D eigenvalue weighted by Crippen LogP contribution is 2.15. The molecule has 1 aromatic rings. The van der Waals surface area contributed by atoms with Gasteiger partial charge >= 0.3 is 0 Å². The van der Waals surface area contributed by atoms with Gasteiger partial charge in [-0.1, -0.05) is 28.1 Å². The maximum absolute atomic E-state index is 11.7. The second-order valence-corrected chi connectivity index (χ2v) is 5.46.